The Hall–Kier alpha value is -1.30. The summed E-state index contributed by atoms with van der Waals surface area (Å²) in [5.41, 5.74) is 0.863. The number of rotatable bonds is 6. The number of hydrogen-bond donors (Lipinski definition) is 0. The molecule has 0 aliphatic carbocycles. The average molecular weight is 265 g/mol. The van der Waals surface area contributed by atoms with Crippen molar-refractivity contribution >= 4 is 23.4 Å². The Morgan fingerprint density at radius 1 is 1.22 bits per heavy atom. The first-order valence-electron chi connectivity index (χ1n) is 6.30. The van der Waals surface area contributed by atoms with E-state index >= 15 is 0 Å². The van der Waals surface area contributed by atoms with Crippen molar-refractivity contribution < 1.29 is 0 Å². The van der Waals surface area contributed by atoms with Crippen molar-refractivity contribution in [2.45, 2.75) is 31.8 Å². The molecule has 0 radical (unpaired) electrons. The Morgan fingerprint density at radius 2 is 1.94 bits per heavy atom. The Kier molecular flexibility index (Phi) is 4.41. The van der Waals surface area contributed by atoms with Crippen LogP contribution in [0, 0.1) is 0 Å². The molecule has 2 aromatic heterocycles. The van der Waals surface area contributed by atoms with Crippen molar-refractivity contribution in [1.29, 1.82) is 0 Å². The van der Waals surface area contributed by atoms with Gasteiger partial charge in [-0.05, 0) is 19.1 Å². The summed E-state index contributed by atoms with van der Waals surface area (Å²) in [6, 6.07) is 1.92. The first kappa shape index (κ1) is 13.1. The van der Waals surface area contributed by atoms with Crippen LogP contribution in [0.3, 0.4) is 0 Å². The molecule has 98 valence electrons. The van der Waals surface area contributed by atoms with E-state index < -0.39 is 0 Å². The molecule has 2 aromatic rings. The predicted molar refractivity (Wildman–Crippen MR) is 75.4 cm³/mol. The highest BCUT2D eigenvalue weighted by atomic mass is 32.2. The van der Waals surface area contributed by atoms with E-state index in [0.717, 1.165) is 42.7 Å². The zero-order valence-corrected chi connectivity index (χ0v) is 11.9. The van der Waals surface area contributed by atoms with Crippen molar-refractivity contribution in [2.75, 3.05) is 24.2 Å². The summed E-state index contributed by atoms with van der Waals surface area (Å²) >= 11 is 1.56. The van der Waals surface area contributed by atoms with E-state index in [-0.39, 0.29) is 0 Å². The monoisotopic (exact) mass is 265 g/mol. The van der Waals surface area contributed by atoms with Crippen LogP contribution in [0.15, 0.2) is 17.4 Å². The van der Waals surface area contributed by atoms with Gasteiger partial charge < -0.3 is 4.90 Å². The van der Waals surface area contributed by atoms with Gasteiger partial charge in [0.15, 0.2) is 10.8 Å². The normalized spacial score (nSPS) is 11.1. The van der Waals surface area contributed by atoms with Gasteiger partial charge in [-0.25, -0.2) is 4.98 Å². The van der Waals surface area contributed by atoms with Gasteiger partial charge in [0.25, 0.3) is 0 Å². The molecule has 6 heteroatoms. The van der Waals surface area contributed by atoms with Gasteiger partial charge in [0, 0.05) is 19.2 Å². The van der Waals surface area contributed by atoms with Crippen molar-refractivity contribution in [2.24, 2.45) is 0 Å². The molecule has 2 rings (SSSR count). The quantitative estimate of drug-likeness (QED) is 0.751. The average Bonchev–Trinajstić information content (AvgIpc) is 2.85. The van der Waals surface area contributed by atoms with E-state index in [9.17, 15) is 0 Å². The standard InChI is InChI=1S/C12H19N5S/c1-4-8-16(9-5-2)12-15-11(18-3)14-10-6-7-13-17(10)12/h6-7H,4-5,8-9H2,1-3H3. The fourth-order valence-corrected chi connectivity index (χ4v) is 2.30. The maximum absolute atomic E-state index is 4.61. The molecule has 0 unspecified atom stereocenters. The molecule has 0 bridgehead atoms. The van der Waals surface area contributed by atoms with Gasteiger partial charge in [-0.1, -0.05) is 25.6 Å². The van der Waals surface area contributed by atoms with Gasteiger partial charge in [-0.15, -0.1) is 0 Å². The lowest BCUT2D eigenvalue weighted by Crippen LogP contribution is -2.28. The molecule has 18 heavy (non-hydrogen) atoms. The molecular weight excluding hydrogens is 246 g/mol. The van der Waals surface area contributed by atoms with Gasteiger partial charge in [-0.3, -0.25) is 0 Å². The molecule has 0 amide bonds. The highest BCUT2D eigenvalue weighted by molar-refractivity contribution is 7.98. The highest BCUT2D eigenvalue weighted by Crippen LogP contribution is 2.18. The maximum Gasteiger partial charge on any atom is 0.231 e. The van der Waals surface area contributed by atoms with Crippen LogP contribution in [-0.2, 0) is 0 Å². The highest BCUT2D eigenvalue weighted by Gasteiger charge is 2.13. The summed E-state index contributed by atoms with van der Waals surface area (Å²) in [5, 5.41) is 5.12. The Morgan fingerprint density at radius 3 is 2.56 bits per heavy atom. The topological polar surface area (TPSA) is 46.3 Å². The summed E-state index contributed by atoms with van der Waals surface area (Å²) in [6.07, 6.45) is 5.96. The van der Waals surface area contributed by atoms with Crippen LogP contribution in [0.2, 0.25) is 0 Å². The second kappa shape index (κ2) is 6.04. The first-order valence-corrected chi connectivity index (χ1v) is 7.53. The molecule has 2 heterocycles. The Balaban J connectivity index is 2.48. The lowest BCUT2D eigenvalue weighted by Gasteiger charge is -2.22. The first-order chi connectivity index (χ1) is 8.80. The second-order valence-electron chi connectivity index (χ2n) is 4.10. The van der Waals surface area contributed by atoms with E-state index in [4.69, 9.17) is 0 Å². The number of anilines is 1. The van der Waals surface area contributed by atoms with Crippen LogP contribution in [0.4, 0.5) is 5.95 Å². The third-order valence-electron chi connectivity index (χ3n) is 2.67. The van der Waals surface area contributed by atoms with Crippen LogP contribution in [0.1, 0.15) is 26.7 Å². The maximum atomic E-state index is 4.61. The van der Waals surface area contributed by atoms with Crippen molar-refractivity contribution in [1.82, 2.24) is 19.6 Å². The third kappa shape index (κ3) is 2.58. The van der Waals surface area contributed by atoms with Crippen LogP contribution in [0.25, 0.3) is 5.65 Å². The zero-order valence-electron chi connectivity index (χ0n) is 11.1. The number of aromatic nitrogens is 4. The SMILES string of the molecule is CCCN(CCC)c1nc(SC)nc2ccnn12. The number of fused-ring (bicyclic) bond motifs is 1. The second-order valence-corrected chi connectivity index (χ2v) is 4.87. The molecule has 0 saturated carbocycles. The zero-order chi connectivity index (χ0) is 13.0. The number of hydrogen-bond acceptors (Lipinski definition) is 5. The number of nitrogens with zero attached hydrogens (tertiary/aromatic N) is 5. The summed E-state index contributed by atoms with van der Waals surface area (Å²) in [7, 11) is 0. The summed E-state index contributed by atoms with van der Waals surface area (Å²) < 4.78 is 1.82. The van der Waals surface area contributed by atoms with E-state index in [2.05, 4.69) is 33.8 Å². The molecule has 0 N–H and O–H groups in total. The minimum absolute atomic E-state index is 0.801. The smallest absolute Gasteiger partial charge is 0.231 e. The minimum Gasteiger partial charge on any atom is -0.341 e. The summed E-state index contributed by atoms with van der Waals surface area (Å²) in [6.45, 7) is 6.35. The lowest BCUT2D eigenvalue weighted by atomic mass is 10.4. The molecule has 5 nitrogen and oxygen atoms in total. The van der Waals surface area contributed by atoms with Gasteiger partial charge in [0.05, 0.1) is 6.20 Å². The van der Waals surface area contributed by atoms with Gasteiger partial charge in [-0.2, -0.15) is 14.6 Å². The van der Waals surface area contributed by atoms with Crippen LogP contribution in [0.5, 0.6) is 0 Å². The van der Waals surface area contributed by atoms with E-state index in [1.165, 1.54) is 0 Å². The minimum atomic E-state index is 0.801. The lowest BCUT2D eigenvalue weighted by molar-refractivity contribution is 0.685. The fraction of sp³-hybridized carbons (Fsp3) is 0.583. The molecule has 0 spiro atoms. The van der Waals surface area contributed by atoms with Crippen molar-refractivity contribution in [3.8, 4) is 0 Å². The van der Waals surface area contributed by atoms with Crippen molar-refractivity contribution in [3.63, 3.8) is 0 Å². The van der Waals surface area contributed by atoms with Crippen LogP contribution >= 0.6 is 11.8 Å². The molecule has 0 aliphatic heterocycles. The molecule has 0 atom stereocenters. The summed E-state index contributed by atoms with van der Waals surface area (Å²) in [4.78, 5) is 11.3. The van der Waals surface area contributed by atoms with Crippen molar-refractivity contribution in [3.05, 3.63) is 12.3 Å². The van der Waals surface area contributed by atoms with E-state index in [1.807, 2.05) is 16.8 Å². The third-order valence-corrected chi connectivity index (χ3v) is 3.22. The largest absolute Gasteiger partial charge is 0.341 e. The molecule has 0 fully saturated rings. The number of thioether (sulfide) groups is 1. The van der Waals surface area contributed by atoms with Gasteiger partial charge in [0.1, 0.15) is 0 Å². The fourth-order valence-electron chi connectivity index (χ4n) is 1.94. The van der Waals surface area contributed by atoms with Gasteiger partial charge >= 0.3 is 0 Å². The molecular formula is C12H19N5S. The molecule has 0 aliphatic rings. The van der Waals surface area contributed by atoms with E-state index in [0.29, 0.717) is 0 Å². The van der Waals surface area contributed by atoms with Crippen LogP contribution in [-0.4, -0.2) is 38.9 Å². The van der Waals surface area contributed by atoms with Crippen LogP contribution < -0.4 is 4.90 Å². The molecule has 0 saturated heterocycles. The predicted octanol–water partition coefficient (Wildman–Crippen LogP) is 2.47. The summed E-state index contributed by atoms with van der Waals surface area (Å²) in [5.74, 6) is 0.901. The Labute approximate surface area is 112 Å². The van der Waals surface area contributed by atoms with Gasteiger partial charge in [0.2, 0.25) is 5.95 Å². The van der Waals surface area contributed by atoms with E-state index in [1.54, 1.807) is 18.0 Å². The molecule has 0 aromatic carbocycles. The Bertz CT molecular complexity index is 504.